The van der Waals surface area contributed by atoms with E-state index in [-0.39, 0.29) is 23.2 Å². The van der Waals surface area contributed by atoms with E-state index >= 15 is 0 Å². The highest BCUT2D eigenvalue weighted by atomic mass is 32.2. The van der Waals surface area contributed by atoms with Crippen LogP contribution < -0.4 is 10.6 Å². The molecule has 0 aromatic heterocycles. The van der Waals surface area contributed by atoms with Crippen molar-refractivity contribution < 1.29 is 27.9 Å². The number of para-hydroxylation sites is 1. The van der Waals surface area contributed by atoms with Crippen LogP contribution in [0.3, 0.4) is 0 Å². The number of amides is 1. The summed E-state index contributed by atoms with van der Waals surface area (Å²) >= 11 is 1.20. The van der Waals surface area contributed by atoms with Crippen LogP contribution in [0.1, 0.15) is 27.9 Å². The largest absolute Gasteiger partial charge is 0.478 e. The number of carboxylic acid groups (broad SMARTS) is 1. The molecule has 1 aliphatic heterocycles. The molecule has 0 radical (unpaired) electrons. The van der Waals surface area contributed by atoms with Crippen LogP contribution >= 0.6 is 11.8 Å². The van der Waals surface area contributed by atoms with Gasteiger partial charge in [-0.1, -0.05) is 30.3 Å². The number of nitrogens with one attached hydrogen (secondary N) is 2. The summed E-state index contributed by atoms with van der Waals surface area (Å²) in [5.41, 5.74) is -0.322. The Kier molecular flexibility index (Phi) is 5.64. The number of hydrogen-bond donors (Lipinski definition) is 3. The third-order valence-electron chi connectivity index (χ3n) is 3.99. The fraction of sp³-hybridized carbons (Fsp3) is 0.158. The highest BCUT2D eigenvalue weighted by molar-refractivity contribution is 8.03. The summed E-state index contributed by atoms with van der Waals surface area (Å²) < 4.78 is 39.5. The highest BCUT2D eigenvalue weighted by Gasteiger charge is 2.35. The Bertz CT molecular complexity index is 944. The van der Waals surface area contributed by atoms with E-state index in [4.69, 9.17) is 5.11 Å². The molecule has 1 heterocycles. The number of benzene rings is 2. The van der Waals surface area contributed by atoms with E-state index in [0.29, 0.717) is 5.70 Å². The highest BCUT2D eigenvalue weighted by Crippen LogP contribution is 2.37. The molecule has 1 amide bonds. The normalized spacial score (nSPS) is 16.2. The van der Waals surface area contributed by atoms with Crippen molar-refractivity contribution in [2.75, 3.05) is 5.32 Å². The molecule has 146 valence electrons. The number of halogens is 3. The summed E-state index contributed by atoms with van der Waals surface area (Å²) in [6.07, 6.45) is -4.54. The first-order chi connectivity index (χ1) is 13.3. The van der Waals surface area contributed by atoms with E-state index < -0.39 is 29.0 Å². The first-order valence-electron chi connectivity index (χ1n) is 8.16. The van der Waals surface area contributed by atoms with Crippen molar-refractivity contribution in [3.63, 3.8) is 0 Å². The minimum atomic E-state index is -4.49. The standard InChI is InChI=1S/C19H15F3N2O3S/c20-19(21,22)13-7-3-1-5-11(13)15-10-28-17(24-15)9-16(25)23-14-8-4-2-6-12(14)18(26)27/h1-8,10,17,24H,9H2,(H,23,25)(H,26,27). The van der Waals surface area contributed by atoms with Crippen LogP contribution in [0.15, 0.2) is 53.9 Å². The quantitative estimate of drug-likeness (QED) is 0.684. The molecule has 2 aromatic rings. The number of thioether (sulfide) groups is 1. The predicted octanol–water partition coefficient (Wildman–Crippen LogP) is 4.39. The van der Waals surface area contributed by atoms with Gasteiger partial charge in [-0.2, -0.15) is 13.2 Å². The average molecular weight is 408 g/mol. The second-order valence-corrected chi connectivity index (χ2v) is 7.02. The maximum absolute atomic E-state index is 13.2. The lowest BCUT2D eigenvalue weighted by atomic mass is 10.0. The zero-order chi connectivity index (χ0) is 20.3. The minimum Gasteiger partial charge on any atom is -0.478 e. The zero-order valence-corrected chi connectivity index (χ0v) is 15.1. The molecule has 1 unspecified atom stereocenters. The molecule has 1 aliphatic rings. The molecular weight excluding hydrogens is 393 g/mol. The summed E-state index contributed by atoms with van der Waals surface area (Å²) in [6.45, 7) is 0. The Morgan fingerprint density at radius 1 is 1.11 bits per heavy atom. The second kappa shape index (κ2) is 7.97. The Morgan fingerprint density at radius 2 is 1.79 bits per heavy atom. The van der Waals surface area contributed by atoms with E-state index in [1.807, 2.05) is 0 Å². The lowest BCUT2D eigenvalue weighted by Crippen LogP contribution is -2.27. The Labute approximate surface area is 162 Å². The van der Waals surface area contributed by atoms with Crippen LogP contribution in [0, 0.1) is 0 Å². The summed E-state index contributed by atoms with van der Waals surface area (Å²) in [7, 11) is 0. The molecule has 5 nitrogen and oxygen atoms in total. The minimum absolute atomic E-state index is 0.0154. The molecule has 9 heteroatoms. The molecule has 0 bridgehead atoms. The number of hydrogen-bond acceptors (Lipinski definition) is 4. The molecule has 1 atom stereocenters. The van der Waals surface area contributed by atoms with Gasteiger partial charge in [0.25, 0.3) is 0 Å². The number of aromatic carboxylic acids is 1. The van der Waals surface area contributed by atoms with Gasteiger partial charge in [-0.05, 0) is 23.6 Å². The molecule has 3 rings (SSSR count). The average Bonchev–Trinajstić information content (AvgIpc) is 3.09. The monoisotopic (exact) mass is 408 g/mol. The van der Waals surface area contributed by atoms with E-state index in [1.165, 1.54) is 42.1 Å². The maximum Gasteiger partial charge on any atom is 0.417 e. The van der Waals surface area contributed by atoms with E-state index in [2.05, 4.69) is 10.6 Å². The Hall–Kier alpha value is -2.94. The number of carbonyl (C=O) groups is 2. The molecule has 0 aliphatic carbocycles. The van der Waals surface area contributed by atoms with Crippen molar-refractivity contribution in [2.45, 2.75) is 18.0 Å². The summed E-state index contributed by atoms with van der Waals surface area (Å²) in [6, 6.07) is 11.2. The van der Waals surface area contributed by atoms with E-state index in [9.17, 15) is 22.8 Å². The summed E-state index contributed by atoms with van der Waals surface area (Å²) in [5, 5.41) is 15.7. The van der Waals surface area contributed by atoms with Gasteiger partial charge in [0.2, 0.25) is 5.91 Å². The van der Waals surface area contributed by atoms with Gasteiger partial charge < -0.3 is 15.7 Å². The van der Waals surface area contributed by atoms with Gasteiger partial charge in [-0.15, -0.1) is 11.8 Å². The second-order valence-electron chi connectivity index (χ2n) is 5.95. The molecule has 3 N–H and O–H groups in total. The van der Waals surface area contributed by atoms with Gasteiger partial charge in [-0.3, -0.25) is 4.79 Å². The Morgan fingerprint density at radius 3 is 2.50 bits per heavy atom. The number of alkyl halides is 3. The zero-order valence-electron chi connectivity index (χ0n) is 14.3. The number of anilines is 1. The lowest BCUT2D eigenvalue weighted by molar-refractivity contribution is -0.137. The maximum atomic E-state index is 13.2. The fourth-order valence-corrected chi connectivity index (χ4v) is 3.68. The van der Waals surface area contributed by atoms with Crippen molar-refractivity contribution >= 4 is 35.0 Å². The van der Waals surface area contributed by atoms with Crippen LogP contribution in [-0.4, -0.2) is 22.4 Å². The molecule has 0 fully saturated rings. The molecule has 2 aromatic carbocycles. The summed E-state index contributed by atoms with van der Waals surface area (Å²) in [5.74, 6) is -1.62. The SMILES string of the molecule is O=C(CC1NC(c2ccccc2C(F)(F)F)=CS1)Nc1ccccc1C(=O)O. The van der Waals surface area contributed by atoms with Gasteiger partial charge in [0.15, 0.2) is 0 Å². The Balaban J connectivity index is 1.66. The number of carboxylic acids is 1. The smallest absolute Gasteiger partial charge is 0.417 e. The van der Waals surface area contributed by atoms with Crippen molar-refractivity contribution in [2.24, 2.45) is 0 Å². The third kappa shape index (κ3) is 4.48. The summed E-state index contributed by atoms with van der Waals surface area (Å²) in [4.78, 5) is 23.4. The van der Waals surface area contributed by atoms with Gasteiger partial charge in [0.05, 0.1) is 28.6 Å². The van der Waals surface area contributed by atoms with Gasteiger partial charge in [0, 0.05) is 11.3 Å². The molecule has 0 saturated carbocycles. The van der Waals surface area contributed by atoms with Gasteiger partial charge in [-0.25, -0.2) is 4.79 Å². The first-order valence-corrected chi connectivity index (χ1v) is 9.11. The van der Waals surface area contributed by atoms with Crippen LogP contribution in [0.4, 0.5) is 18.9 Å². The van der Waals surface area contributed by atoms with Crippen LogP contribution in [0.5, 0.6) is 0 Å². The lowest BCUT2D eigenvalue weighted by Gasteiger charge is -2.16. The number of rotatable bonds is 5. The van der Waals surface area contributed by atoms with Crippen LogP contribution in [-0.2, 0) is 11.0 Å². The third-order valence-corrected chi connectivity index (χ3v) is 4.98. The first kappa shape index (κ1) is 19.8. The van der Waals surface area contributed by atoms with E-state index in [1.54, 1.807) is 17.5 Å². The van der Waals surface area contributed by atoms with Crippen molar-refractivity contribution in [1.29, 1.82) is 0 Å². The van der Waals surface area contributed by atoms with Crippen LogP contribution in [0.2, 0.25) is 0 Å². The fourth-order valence-electron chi connectivity index (χ4n) is 2.75. The van der Waals surface area contributed by atoms with Crippen LogP contribution in [0.25, 0.3) is 5.70 Å². The van der Waals surface area contributed by atoms with Crippen molar-refractivity contribution in [3.05, 3.63) is 70.6 Å². The predicted molar refractivity (Wildman–Crippen MR) is 101 cm³/mol. The topological polar surface area (TPSA) is 78.4 Å². The number of carbonyl (C=O) groups excluding carboxylic acids is 1. The molecular formula is C19H15F3N2O3S. The van der Waals surface area contributed by atoms with E-state index in [0.717, 1.165) is 6.07 Å². The molecule has 0 saturated heterocycles. The van der Waals surface area contributed by atoms with Crippen molar-refractivity contribution in [3.8, 4) is 0 Å². The molecule has 0 spiro atoms. The van der Waals surface area contributed by atoms with Crippen molar-refractivity contribution in [1.82, 2.24) is 5.32 Å². The molecule has 28 heavy (non-hydrogen) atoms. The van der Waals surface area contributed by atoms with Gasteiger partial charge in [0.1, 0.15) is 0 Å². The van der Waals surface area contributed by atoms with Gasteiger partial charge >= 0.3 is 12.1 Å².